The molecule has 4 heteroatoms. The van der Waals surface area contributed by atoms with Gasteiger partial charge in [0.2, 0.25) is 0 Å². The highest BCUT2D eigenvalue weighted by Crippen LogP contribution is 2.24. The summed E-state index contributed by atoms with van der Waals surface area (Å²) >= 11 is 1.67. The van der Waals surface area contributed by atoms with E-state index in [1.54, 1.807) is 18.3 Å². The summed E-state index contributed by atoms with van der Waals surface area (Å²) in [4.78, 5) is 5.69. The highest BCUT2D eigenvalue weighted by atomic mass is 32.1. The Hall–Kier alpha value is -1.39. The van der Waals surface area contributed by atoms with Gasteiger partial charge in [0.15, 0.2) is 0 Å². The molecule has 2 aromatic rings. The van der Waals surface area contributed by atoms with Crippen molar-refractivity contribution in [1.82, 2.24) is 4.98 Å². The van der Waals surface area contributed by atoms with E-state index in [2.05, 4.69) is 11.9 Å². The molecule has 0 saturated heterocycles. The van der Waals surface area contributed by atoms with Crippen LogP contribution in [0.5, 0.6) is 5.75 Å². The van der Waals surface area contributed by atoms with Crippen LogP contribution >= 0.6 is 11.3 Å². The van der Waals surface area contributed by atoms with E-state index in [1.807, 2.05) is 32.0 Å². The summed E-state index contributed by atoms with van der Waals surface area (Å²) in [6.45, 7) is 8.32. The van der Waals surface area contributed by atoms with Crippen molar-refractivity contribution in [2.24, 2.45) is 0 Å². The summed E-state index contributed by atoms with van der Waals surface area (Å²) in [7, 11) is 0. The van der Waals surface area contributed by atoms with Gasteiger partial charge in [-0.1, -0.05) is 6.07 Å². The highest BCUT2D eigenvalue weighted by Gasteiger charge is 2.07. The van der Waals surface area contributed by atoms with E-state index in [0.717, 1.165) is 27.6 Å². The normalized spacial score (nSPS) is 12.5. The minimum absolute atomic E-state index is 0.447. The molecule has 0 radical (unpaired) electrons. The Labute approximate surface area is 117 Å². The second-order valence-corrected chi connectivity index (χ2v) is 6.03. The van der Waals surface area contributed by atoms with Crippen LogP contribution < -0.4 is 4.74 Å². The van der Waals surface area contributed by atoms with Crippen molar-refractivity contribution < 1.29 is 9.84 Å². The first-order valence-corrected chi connectivity index (χ1v) is 7.13. The maximum absolute atomic E-state index is 9.53. The van der Waals surface area contributed by atoms with E-state index >= 15 is 0 Å². The molecule has 0 fully saturated rings. The predicted octanol–water partition coefficient (Wildman–Crippen LogP) is 3.70. The van der Waals surface area contributed by atoms with Crippen molar-refractivity contribution in [3.63, 3.8) is 0 Å². The van der Waals surface area contributed by atoms with Crippen LogP contribution in [0.1, 0.15) is 39.7 Å². The Balaban J connectivity index is 2.07. The van der Waals surface area contributed by atoms with Crippen molar-refractivity contribution >= 4 is 11.3 Å². The number of ether oxygens (including phenoxy) is 1. The lowest BCUT2D eigenvalue weighted by molar-refractivity contribution is 0.199. The number of aromatic nitrogens is 1. The molecule has 0 aliphatic heterocycles. The predicted molar refractivity (Wildman–Crippen MR) is 77.7 cm³/mol. The van der Waals surface area contributed by atoms with Gasteiger partial charge in [-0.25, -0.2) is 4.98 Å². The SMILES string of the molecule is Cc1cc([C@@H](C)O)ccc1OCc1nc(C)c(C)s1. The first-order valence-electron chi connectivity index (χ1n) is 6.31. The van der Waals surface area contributed by atoms with Gasteiger partial charge < -0.3 is 9.84 Å². The van der Waals surface area contributed by atoms with Gasteiger partial charge in [-0.15, -0.1) is 11.3 Å². The number of aryl methyl sites for hydroxylation is 3. The summed E-state index contributed by atoms with van der Waals surface area (Å²) in [5, 5.41) is 10.5. The standard InChI is InChI=1S/C15H19NO2S/c1-9-7-13(11(3)17)5-6-14(9)18-8-15-16-10(2)12(4)19-15/h5-7,11,17H,8H2,1-4H3/t11-/m1/s1. The van der Waals surface area contributed by atoms with E-state index in [4.69, 9.17) is 4.74 Å². The van der Waals surface area contributed by atoms with Crippen LogP contribution in [0.2, 0.25) is 0 Å². The summed E-state index contributed by atoms with van der Waals surface area (Å²) in [6.07, 6.45) is -0.447. The molecule has 0 aliphatic rings. The summed E-state index contributed by atoms with van der Waals surface area (Å²) in [6, 6.07) is 5.76. The zero-order valence-electron chi connectivity index (χ0n) is 11.7. The maximum atomic E-state index is 9.53. The Morgan fingerprint density at radius 2 is 2.05 bits per heavy atom. The molecule has 0 bridgehead atoms. The van der Waals surface area contributed by atoms with Gasteiger partial charge >= 0.3 is 0 Å². The molecule has 0 saturated carbocycles. The smallest absolute Gasteiger partial charge is 0.140 e. The number of benzene rings is 1. The van der Waals surface area contributed by atoms with Gasteiger partial charge in [0.1, 0.15) is 17.4 Å². The fourth-order valence-corrected chi connectivity index (χ4v) is 2.68. The molecule has 19 heavy (non-hydrogen) atoms. The number of nitrogens with zero attached hydrogens (tertiary/aromatic N) is 1. The lowest BCUT2D eigenvalue weighted by atomic mass is 10.1. The third kappa shape index (κ3) is 3.33. The second kappa shape index (κ2) is 5.72. The number of hydrogen-bond acceptors (Lipinski definition) is 4. The van der Waals surface area contributed by atoms with Gasteiger partial charge in [-0.05, 0) is 51.0 Å². The lowest BCUT2D eigenvalue weighted by Crippen LogP contribution is -1.98. The number of rotatable bonds is 4. The third-order valence-electron chi connectivity index (χ3n) is 3.11. The average Bonchev–Trinajstić information content (AvgIpc) is 2.67. The molecular formula is C15H19NO2S. The van der Waals surface area contributed by atoms with E-state index in [-0.39, 0.29) is 0 Å². The van der Waals surface area contributed by atoms with E-state index in [9.17, 15) is 5.11 Å². The van der Waals surface area contributed by atoms with Crippen LogP contribution in [-0.4, -0.2) is 10.1 Å². The van der Waals surface area contributed by atoms with Gasteiger partial charge in [0.25, 0.3) is 0 Å². The molecular weight excluding hydrogens is 258 g/mol. The zero-order chi connectivity index (χ0) is 14.0. The van der Waals surface area contributed by atoms with Gasteiger partial charge in [-0.2, -0.15) is 0 Å². The Bertz CT molecular complexity index is 556. The molecule has 1 aromatic carbocycles. The fraction of sp³-hybridized carbons (Fsp3) is 0.400. The van der Waals surface area contributed by atoms with Crippen LogP contribution in [0.15, 0.2) is 18.2 Å². The fourth-order valence-electron chi connectivity index (χ4n) is 1.83. The quantitative estimate of drug-likeness (QED) is 0.926. The molecule has 3 nitrogen and oxygen atoms in total. The third-order valence-corrected chi connectivity index (χ3v) is 4.15. The monoisotopic (exact) mass is 277 g/mol. The molecule has 0 spiro atoms. The first kappa shape index (κ1) is 14.0. The highest BCUT2D eigenvalue weighted by molar-refractivity contribution is 7.11. The Kier molecular flexibility index (Phi) is 4.22. The average molecular weight is 277 g/mol. The summed E-state index contributed by atoms with van der Waals surface area (Å²) in [5.74, 6) is 0.843. The molecule has 102 valence electrons. The number of aliphatic hydroxyl groups is 1. The van der Waals surface area contributed by atoms with Gasteiger partial charge in [0.05, 0.1) is 11.8 Å². The van der Waals surface area contributed by atoms with E-state index < -0.39 is 6.10 Å². The molecule has 1 heterocycles. The Morgan fingerprint density at radius 1 is 1.32 bits per heavy atom. The molecule has 0 unspecified atom stereocenters. The molecule has 2 rings (SSSR count). The topological polar surface area (TPSA) is 42.4 Å². The van der Waals surface area contributed by atoms with Crippen molar-refractivity contribution in [2.45, 2.75) is 40.4 Å². The van der Waals surface area contributed by atoms with Crippen LogP contribution in [0.4, 0.5) is 0 Å². The largest absolute Gasteiger partial charge is 0.486 e. The minimum Gasteiger partial charge on any atom is -0.486 e. The summed E-state index contributed by atoms with van der Waals surface area (Å²) < 4.78 is 5.79. The van der Waals surface area contributed by atoms with E-state index in [1.165, 1.54) is 4.88 Å². The van der Waals surface area contributed by atoms with Crippen LogP contribution in [0.25, 0.3) is 0 Å². The van der Waals surface area contributed by atoms with Crippen molar-refractivity contribution in [3.8, 4) is 5.75 Å². The lowest BCUT2D eigenvalue weighted by Gasteiger charge is -2.11. The first-order chi connectivity index (χ1) is 8.97. The molecule has 1 atom stereocenters. The van der Waals surface area contributed by atoms with Crippen LogP contribution in [0, 0.1) is 20.8 Å². The molecule has 0 aliphatic carbocycles. The van der Waals surface area contributed by atoms with Gasteiger partial charge in [0, 0.05) is 4.88 Å². The molecule has 1 N–H and O–H groups in total. The van der Waals surface area contributed by atoms with Crippen molar-refractivity contribution in [3.05, 3.63) is 44.9 Å². The number of hydrogen-bond donors (Lipinski definition) is 1. The van der Waals surface area contributed by atoms with Gasteiger partial charge in [-0.3, -0.25) is 0 Å². The molecule has 0 amide bonds. The Morgan fingerprint density at radius 3 is 2.58 bits per heavy atom. The minimum atomic E-state index is -0.447. The van der Waals surface area contributed by atoms with E-state index in [0.29, 0.717) is 6.61 Å². The van der Waals surface area contributed by atoms with Crippen molar-refractivity contribution in [2.75, 3.05) is 0 Å². The summed E-state index contributed by atoms with van der Waals surface area (Å²) in [5.41, 5.74) is 3.01. The number of thiazole rings is 1. The van der Waals surface area contributed by atoms with Crippen molar-refractivity contribution in [1.29, 1.82) is 0 Å². The molecule has 1 aromatic heterocycles. The zero-order valence-corrected chi connectivity index (χ0v) is 12.5. The maximum Gasteiger partial charge on any atom is 0.140 e. The second-order valence-electron chi connectivity index (χ2n) is 4.74. The number of aliphatic hydroxyl groups excluding tert-OH is 1. The van der Waals surface area contributed by atoms with Crippen LogP contribution in [-0.2, 0) is 6.61 Å². The van der Waals surface area contributed by atoms with Crippen LogP contribution in [0.3, 0.4) is 0 Å².